The van der Waals surface area contributed by atoms with Crippen LogP contribution < -0.4 is 0 Å². The van der Waals surface area contributed by atoms with Gasteiger partial charge in [0.1, 0.15) is 0 Å². The molecule has 0 amide bonds. The van der Waals surface area contributed by atoms with Crippen molar-refractivity contribution in [1.29, 1.82) is 0 Å². The van der Waals surface area contributed by atoms with Gasteiger partial charge in [0.2, 0.25) is 0 Å². The fourth-order valence-corrected chi connectivity index (χ4v) is 0. The van der Waals surface area contributed by atoms with E-state index in [1.54, 1.807) is 0 Å². The first-order chi connectivity index (χ1) is 0. The van der Waals surface area contributed by atoms with Gasteiger partial charge in [-0.1, -0.05) is 0 Å². The fourth-order valence-electron chi connectivity index (χ4n) is 0. The van der Waals surface area contributed by atoms with E-state index in [0.29, 0.717) is 0 Å². The summed E-state index contributed by atoms with van der Waals surface area (Å²) in [5, 5.41) is 0. The number of hydrogen-bond donors (Lipinski definition) is 0. The maximum atomic E-state index is 0. The third-order valence-electron chi connectivity index (χ3n) is 0. The molecule has 9 heavy (non-hydrogen) atoms. The van der Waals surface area contributed by atoms with E-state index in [2.05, 4.69) is 0 Å². The smallest absolute Gasteiger partial charge is 2.00 e. The van der Waals surface area contributed by atoms with Gasteiger partial charge in [0.15, 0.2) is 0 Å². The van der Waals surface area contributed by atoms with Crippen LogP contribution in [0.4, 0.5) is 0 Å². The minimum absolute atomic E-state index is 0. The molecule has 0 aliphatic rings. The summed E-state index contributed by atoms with van der Waals surface area (Å²) in [5.74, 6) is 0. The molecule has 0 saturated carbocycles. The third kappa shape index (κ3) is 64.7. The molecule has 0 unspecified atom stereocenters. The monoisotopic (exact) mass is 566 g/mol. The van der Waals surface area contributed by atoms with Crippen LogP contribution >= 0.6 is 0 Å². The zero-order valence-corrected chi connectivity index (χ0v) is 18.7. The first-order valence-electron chi connectivity index (χ1n) is 0. The summed E-state index contributed by atoms with van der Waals surface area (Å²) in [6.45, 7) is 0. The predicted molar refractivity (Wildman–Crippen MR) is 13.6 cm³/mol. The van der Waals surface area contributed by atoms with Gasteiger partial charge in [-0.3, -0.25) is 0 Å². The largest absolute Gasteiger partial charge is 3.00 e. The summed E-state index contributed by atoms with van der Waals surface area (Å²) in [6, 6.07) is 0. The molecule has 9 heteroatoms. The van der Waals surface area contributed by atoms with Crippen LogP contribution in [0.15, 0.2) is 0 Å². The second-order valence-electron chi connectivity index (χ2n) is 0. The Morgan fingerprint density at radius 1 is 0.444 bits per heavy atom. The van der Waals surface area contributed by atoms with Crippen LogP contribution in [0.1, 0.15) is 0 Å². The minimum atomic E-state index is 0. The first-order valence-corrected chi connectivity index (χ1v) is 0. The van der Waals surface area contributed by atoms with Gasteiger partial charge in [0.05, 0.1) is 0 Å². The van der Waals surface area contributed by atoms with Gasteiger partial charge in [-0.05, 0) is 0 Å². The topological polar surface area (TPSA) is 85.5 Å². The van der Waals surface area contributed by atoms with Gasteiger partial charge < -0.3 is 16.4 Å². The summed E-state index contributed by atoms with van der Waals surface area (Å²) >= 11 is 0. The molecule has 0 N–H and O–H groups in total. The van der Waals surface area contributed by atoms with Crippen molar-refractivity contribution in [2.24, 2.45) is 0 Å². The molecular formula is O3Pr2Si2Zr2. The molecule has 0 spiro atoms. The van der Waals surface area contributed by atoms with E-state index in [9.17, 15) is 0 Å². The second kappa shape index (κ2) is 77.3. The van der Waals surface area contributed by atoms with E-state index in [1.165, 1.54) is 0 Å². The zero-order valence-electron chi connectivity index (χ0n) is 4.38. The Morgan fingerprint density at radius 2 is 0.444 bits per heavy atom. The molecule has 40 valence electrons. The van der Waals surface area contributed by atoms with E-state index in [0.717, 1.165) is 0 Å². The Balaban J connectivity index is 0. The molecule has 0 aliphatic carbocycles. The number of rotatable bonds is 0. The van der Waals surface area contributed by atoms with Crippen molar-refractivity contribution in [2.45, 2.75) is 0 Å². The van der Waals surface area contributed by atoms with Gasteiger partial charge >= 0.3 is 82.6 Å². The minimum Gasteiger partial charge on any atom is -2.00 e. The van der Waals surface area contributed by atoms with Crippen LogP contribution in [-0.4, -0.2) is 21.9 Å². The van der Waals surface area contributed by atoms with E-state index >= 15 is 0 Å². The standard InChI is InChI=1S/3O.2Pr.2Si.2Zr/q3*-2;2*+3;;;;. The molecule has 0 aromatic heterocycles. The van der Waals surface area contributed by atoms with Crippen molar-refractivity contribution in [1.82, 2.24) is 0 Å². The molecule has 0 aromatic carbocycles. The Morgan fingerprint density at radius 3 is 0.444 bits per heavy atom. The van der Waals surface area contributed by atoms with Gasteiger partial charge in [-0.2, -0.15) is 0 Å². The molecule has 0 atom stereocenters. The molecule has 0 saturated heterocycles. The average Bonchev–Trinajstić information content (AvgIpc) is 0. The van der Waals surface area contributed by atoms with Crippen molar-refractivity contribution >= 4 is 21.9 Å². The summed E-state index contributed by atoms with van der Waals surface area (Å²) < 4.78 is 0. The van der Waals surface area contributed by atoms with Crippen LogP contribution in [0.5, 0.6) is 0 Å². The molecular weight excluding hydrogens is 568 g/mol. The first kappa shape index (κ1) is 98.0. The van der Waals surface area contributed by atoms with Crippen LogP contribution in [0.25, 0.3) is 0 Å². The van der Waals surface area contributed by atoms with Crippen LogP contribution in [0, 0.1) is 82.6 Å². The Labute approximate surface area is 169 Å². The van der Waals surface area contributed by atoms with Crippen molar-refractivity contribution < 1.29 is 151 Å². The Kier molecular flexibility index (Phi) is 841. The maximum Gasteiger partial charge on any atom is 3.00 e. The molecule has 0 bridgehead atoms. The zero-order chi connectivity index (χ0) is 0. The molecule has 0 aliphatic heterocycles. The molecule has 8 radical (unpaired) electrons. The number of hydrogen-bond acceptors (Lipinski definition) is 0. The fraction of sp³-hybridized carbons (Fsp3) is 0. The average molecular weight is 568 g/mol. The summed E-state index contributed by atoms with van der Waals surface area (Å²) in [7, 11) is 0. The van der Waals surface area contributed by atoms with Gasteiger partial charge in [0.25, 0.3) is 0 Å². The molecule has 0 aromatic rings. The Bertz CT molecular complexity index is 17.8. The normalized spacial score (nSPS) is 0. The Hall–Kier alpha value is 4.81. The van der Waals surface area contributed by atoms with E-state index in [4.69, 9.17) is 0 Å². The molecule has 0 rings (SSSR count). The molecule has 0 fully saturated rings. The van der Waals surface area contributed by atoms with E-state index in [1.807, 2.05) is 0 Å². The third-order valence-corrected chi connectivity index (χ3v) is 0. The van der Waals surface area contributed by atoms with Crippen molar-refractivity contribution in [3.05, 3.63) is 0 Å². The van der Waals surface area contributed by atoms with Crippen LogP contribution in [-0.2, 0) is 68.8 Å². The van der Waals surface area contributed by atoms with Crippen molar-refractivity contribution in [2.75, 3.05) is 0 Å². The van der Waals surface area contributed by atoms with E-state index < -0.39 is 0 Å². The molecule has 3 nitrogen and oxygen atoms in total. The van der Waals surface area contributed by atoms with Crippen molar-refractivity contribution in [3.63, 3.8) is 0 Å². The predicted octanol–water partition coefficient (Wildman–Crippen LogP) is -1.12. The van der Waals surface area contributed by atoms with E-state index in [-0.39, 0.29) is 173 Å². The second-order valence-corrected chi connectivity index (χ2v) is 0. The quantitative estimate of drug-likeness (QED) is 0.332. The van der Waals surface area contributed by atoms with Gasteiger partial charge in [0, 0.05) is 74.3 Å². The summed E-state index contributed by atoms with van der Waals surface area (Å²) in [4.78, 5) is 0. The maximum absolute atomic E-state index is 0. The van der Waals surface area contributed by atoms with Crippen molar-refractivity contribution in [3.8, 4) is 0 Å². The molecule has 0 heterocycles. The SMILES string of the molecule is [O-2].[O-2].[O-2].[Pr+3].[Pr+3].[Si].[Si].[Zr].[Zr]. The van der Waals surface area contributed by atoms with Crippen LogP contribution in [0.3, 0.4) is 0 Å². The summed E-state index contributed by atoms with van der Waals surface area (Å²) in [5.41, 5.74) is 0. The summed E-state index contributed by atoms with van der Waals surface area (Å²) in [6.07, 6.45) is 0. The van der Waals surface area contributed by atoms with Gasteiger partial charge in [-0.25, -0.2) is 0 Å². The van der Waals surface area contributed by atoms with Gasteiger partial charge in [-0.15, -0.1) is 0 Å². The van der Waals surface area contributed by atoms with Crippen LogP contribution in [0.2, 0.25) is 0 Å².